The van der Waals surface area contributed by atoms with E-state index in [9.17, 15) is 4.79 Å². The second-order valence-electron chi connectivity index (χ2n) is 7.44. The minimum atomic E-state index is 0.0204. The van der Waals surface area contributed by atoms with Gasteiger partial charge in [0.15, 0.2) is 5.78 Å². The first-order valence-corrected chi connectivity index (χ1v) is 8.08. The second-order valence-corrected chi connectivity index (χ2v) is 7.44. The molecule has 1 aliphatic carbocycles. The van der Waals surface area contributed by atoms with Crippen LogP contribution in [0, 0.1) is 6.92 Å². The predicted molar refractivity (Wildman–Crippen MR) is 95.5 cm³/mol. The zero-order valence-electron chi connectivity index (χ0n) is 14.5. The van der Waals surface area contributed by atoms with E-state index in [0.29, 0.717) is 6.42 Å². The average molecular weight is 305 g/mol. The van der Waals surface area contributed by atoms with E-state index in [4.69, 9.17) is 4.98 Å². The number of benzene rings is 1. The predicted octanol–water partition coefficient (Wildman–Crippen LogP) is 4.88. The van der Waals surface area contributed by atoms with Crippen LogP contribution in [-0.4, -0.2) is 10.8 Å². The number of nitrogens with zero attached hydrogens (tertiary/aromatic N) is 1. The lowest BCUT2D eigenvalue weighted by Gasteiger charge is -2.23. The fourth-order valence-electron chi connectivity index (χ4n) is 3.07. The van der Waals surface area contributed by atoms with Crippen LogP contribution in [-0.2, 0) is 16.6 Å². The van der Waals surface area contributed by atoms with Crippen LogP contribution in [0.1, 0.15) is 50.1 Å². The lowest BCUT2D eigenvalue weighted by Crippen LogP contribution is -2.16. The summed E-state index contributed by atoms with van der Waals surface area (Å²) in [7, 11) is 0. The van der Waals surface area contributed by atoms with E-state index in [1.807, 2.05) is 6.08 Å². The molecule has 2 aromatic rings. The van der Waals surface area contributed by atoms with E-state index in [0.717, 1.165) is 22.5 Å². The van der Waals surface area contributed by atoms with Crippen LogP contribution in [0.5, 0.6) is 0 Å². The number of pyridine rings is 1. The Morgan fingerprint density at radius 2 is 1.78 bits per heavy atom. The van der Waals surface area contributed by atoms with Gasteiger partial charge in [0.1, 0.15) is 0 Å². The molecule has 1 aromatic heterocycles. The molecule has 0 amide bonds. The number of aryl methyl sites for hydroxylation is 1. The molecule has 0 unspecified atom stereocenters. The number of Topliss-reactive ketones (excluding diaryl/α,β-unsaturated/α-hetero) is 1. The molecular formula is C21H23NO. The first-order valence-electron chi connectivity index (χ1n) is 8.08. The maximum Gasteiger partial charge on any atom is 0.156 e. The van der Waals surface area contributed by atoms with Crippen molar-refractivity contribution in [3.8, 4) is 11.3 Å². The topological polar surface area (TPSA) is 30.0 Å². The Labute approximate surface area is 138 Å². The highest BCUT2D eigenvalue weighted by Crippen LogP contribution is 2.36. The number of rotatable bonds is 2. The van der Waals surface area contributed by atoms with Crippen LogP contribution >= 0.6 is 0 Å². The molecule has 3 rings (SSSR count). The van der Waals surface area contributed by atoms with Crippen molar-refractivity contribution >= 4 is 11.9 Å². The largest absolute Gasteiger partial charge is 0.295 e. The van der Waals surface area contributed by atoms with Crippen molar-refractivity contribution in [2.75, 3.05) is 0 Å². The molecule has 0 radical (unpaired) electrons. The Hall–Kier alpha value is -2.22. The Balaban J connectivity index is 2.18. The van der Waals surface area contributed by atoms with Crippen molar-refractivity contribution in [3.63, 3.8) is 0 Å². The van der Waals surface area contributed by atoms with Crippen LogP contribution in [0.2, 0.25) is 0 Å². The maximum absolute atomic E-state index is 11.8. The number of carbonyl (C=O) groups is 1. The van der Waals surface area contributed by atoms with Crippen LogP contribution in [0.3, 0.4) is 0 Å². The summed E-state index contributed by atoms with van der Waals surface area (Å²) in [6.07, 6.45) is 2.67. The van der Waals surface area contributed by atoms with Crippen LogP contribution < -0.4 is 0 Å². The van der Waals surface area contributed by atoms with Crippen LogP contribution in [0.25, 0.3) is 17.3 Å². The van der Waals surface area contributed by atoms with Gasteiger partial charge >= 0.3 is 0 Å². The minimum Gasteiger partial charge on any atom is -0.295 e. The molecule has 1 aromatic carbocycles. The summed E-state index contributed by atoms with van der Waals surface area (Å²) in [5, 5.41) is 0. The number of aromatic nitrogens is 1. The average Bonchev–Trinajstić information content (AvgIpc) is 2.90. The lowest BCUT2D eigenvalue weighted by molar-refractivity contribution is -0.113. The summed E-state index contributed by atoms with van der Waals surface area (Å²) in [6.45, 7) is 10.4. The number of carbonyl (C=O) groups excluding carboxylic acids is 1. The molecule has 0 N–H and O–H groups in total. The van der Waals surface area contributed by atoms with Gasteiger partial charge in [-0.15, -0.1) is 0 Å². The second kappa shape index (κ2) is 5.45. The SMILES string of the molecule is CC(=O)C1=Cc2nc(-c3ccc(C)cc3)cc(C(C)(C)C)c2C1. The maximum atomic E-state index is 11.8. The van der Waals surface area contributed by atoms with E-state index in [-0.39, 0.29) is 11.2 Å². The molecule has 0 bridgehead atoms. The minimum absolute atomic E-state index is 0.0204. The quantitative estimate of drug-likeness (QED) is 0.791. The molecule has 1 aliphatic rings. The Morgan fingerprint density at radius 1 is 1.13 bits per heavy atom. The van der Waals surface area contributed by atoms with Crippen molar-refractivity contribution in [2.24, 2.45) is 0 Å². The molecular weight excluding hydrogens is 282 g/mol. The molecule has 0 saturated heterocycles. The molecule has 0 fully saturated rings. The summed E-state index contributed by atoms with van der Waals surface area (Å²) < 4.78 is 0. The molecule has 1 heterocycles. The first kappa shape index (κ1) is 15.7. The van der Waals surface area contributed by atoms with E-state index in [1.54, 1.807) is 6.92 Å². The smallest absolute Gasteiger partial charge is 0.156 e. The van der Waals surface area contributed by atoms with Gasteiger partial charge in [-0.05, 0) is 42.5 Å². The van der Waals surface area contributed by atoms with Gasteiger partial charge in [-0.25, -0.2) is 4.98 Å². The molecule has 23 heavy (non-hydrogen) atoms. The van der Waals surface area contributed by atoms with E-state index < -0.39 is 0 Å². The van der Waals surface area contributed by atoms with Crippen LogP contribution in [0.4, 0.5) is 0 Å². The number of fused-ring (bicyclic) bond motifs is 1. The molecule has 0 spiro atoms. The van der Waals surface area contributed by atoms with Crippen molar-refractivity contribution in [2.45, 2.75) is 46.5 Å². The fraction of sp³-hybridized carbons (Fsp3) is 0.333. The summed E-state index contributed by atoms with van der Waals surface area (Å²) in [5.41, 5.74) is 7.67. The highest BCUT2D eigenvalue weighted by Gasteiger charge is 2.27. The standard InChI is InChI=1S/C21H23NO/c1-13-6-8-15(9-7-13)19-12-18(21(3,4)5)17-10-16(14(2)23)11-20(17)22-19/h6-9,11-12H,10H2,1-5H3. The molecule has 0 aliphatic heterocycles. The number of allylic oxidation sites excluding steroid dienone is 1. The van der Waals surface area contributed by atoms with Gasteiger partial charge in [-0.3, -0.25) is 4.79 Å². The van der Waals surface area contributed by atoms with Crippen LogP contribution in [0.15, 0.2) is 35.9 Å². The Kier molecular flexibility index (Phi) is 3.71. The molecule has 0 atom stereocenters. The summed E-state index contributed by atoms with van der Waals surface area (Å²) >= 11 is 0. The van der Waals surface area contributed by atoms with Gasteiger partial charge in [0.2, 0.25) is 0 Å². The molecule has 0 saturated carbocycles. The van der Waals surface area contributed by atoms with Gasteiger partial charge in [0, 0.05) is 17.6 Å². The van der Waals surface area contributed by atoms with E-state index >= 15 is 0 Å². The third-order valence-electron chi connectivity index (χ3n) is 4.44. The zero-order chi connectivity index (χ0) is 16.8. The van der Waals surface area contributed by atoms with Gasteiger partial charge in [-0.2, -0.15) is 0 Å². The van der Waals surface area contributed by atoms with E-state index in [1.165, 1.54) is 16.7 Å². The fourth-order valence-corrected chi connectivity index (χ4v) is 3.07. The van der Waals surface area contributed by atoms with Gasteiger partial charge in [0.25, 0.3) is 0 Å². The lowest BCUT2D eigenvalue weighted by atomic mass is 9.82. The highest BCUT2D eigenvalue weighted by atomic mass is 16.1. The summed E-state index contributed by atoms with van der Waals surface area (Å²) in [5.74, 6) is 0.139. The van der Waals surface area contributed by atoms with Gasteiger partial charge in [0.05, 0.1) is 11.4 Å². The monoisotopic (exact) mass is 305 g/mol. The summed E-state index contributed by atoms with van der Waals surface area (Å²) in [6, 6.07) is 10.6. The van der Waals surface area contributed by atoms with Crippen molar-refractivity contribution < 1.29 is 4.79 Å². The number of hydrogen-bond donors (Lipinski definition) is 0. The first-order chi connectivity index (χ1) is 10.8. The summed E-state index contributed by atoms with van der Waals surface area (Å²) in [4.78, 5) is 16.6. The van der Waals surface area contributed by atoms with Crippen molar-refractivity contribution in [1.82, 2.24) is 4.98 Å². The number of ketones is 1. The van der Waals surface area contributed by atoms with Gasteiger partial charge < -0.3 is 0 Å². The van der Waals surface area contributed by atoms with E-state index in [2.05, 4.69) is 58.0 Å². The Morgan fingerprint density at radius 3 is 2.35 bits per heavy atom. The normalized spacial score (nSPS) is 13.7. The number of hydrogen-bond acceptors (Lipinski definition) is 2. The third-order valence-corrected chi connectivity index (χ3v) is 4.44. The van der Waals surface area contributed by atoms with Crippen molar-refractivity contribution in [1.29, 1.82) is 0 Å². The highest BCUT2D eigenvalue weighted by molar-refractivity contribution is 6.00. The van der Waals surface area contributed by atoms with Crippen molar-refractivity contribution in [3.05, 3.63) is 58.3 Å². The third kappa shape index (κ3) is 2.98. The van der Waals surface area contributed by atoms with Gasteiger partial charge in [-0.1, -0.05) is 50.6 Å². The molecule has 2 nitrogen and oxygen atoms in total. The molecule has 2 heteroatoms. The molecule has 118 valence electrons. The Bertz CT molecular complexity index is 805. The zero-order valence-corrected chi connectivity index (χ0v) is 14.5.